The summed E-state index contributed by atoms with van der Waals surface area (Å²) in [5.41, 5.74) is 3.26. The van der Waals surface area contributed by atoms with Crippen LogP contribution >= 0.6 is 11.6 Å². The molecule has 1 amide bonds. The molecule has 0 atom stereocenters. The Morgan fingerprint density at radius 3 is 2.32 bits per heavy atom. The highest BCUT2D eigenvalue weighted by molar-refractivity contribution is 6.18. The molecule has 19 heavy (non-hydrogen) atoms. The molecule has 106 valence electrons. The zero-order valence-corrected chi connectivity index (χ0v) is 13.1. The maximum atomic E-state index is 12.1. The third-order valence-corrected chi connectivity index (χ3v) is 4.46. The molecule has 0 heterocycles. The summed E-state index contributed by atoms with van der Waals surface area (Å²) in [6, 6.07) is 6.16. The average Bonchev–Trinajstić information content (AvgIpc) is 2.40. The van der Waals surface area contributed by atoms with Gasteiger partial charge in [0.05, 0.1) is 12.0 Å². The van der Waals surface area contributed by atoms with Gasteiger partial charge in [-0.05, 0) is 43.4 Å². The van der Waals surface area contributed by atoms with E-state index in [1.54, 1.807) is 0 Å². The molecule has 0 aliphatic carbocycles. The van der Waals surface area contributed by atoms with Gasteiger partial charge in [0.1, 0.15) is 0 Å². The Morgan fingerprint density at radius 1 is 1.21 bits per heavy atom. The summed E-state index contributed by atoms with van der Waals surface area (Å²) in [6.45, 7) is 8.26. The van der Waals surface area contributed by atoms with Gasteiger partial charge in [-0.2, -0.15) is 0 Å². The molecular weight excluding hydrogens is 258 g/mol. The number of nitrogens with one attached hydrogen (secondary N) is 1. The maximum Gasteiger partial charge on any atom is 0.224 e. The number of carbonyl (C=O) groups excluding carboxylic acids is 1. The Hall–Kier alpha value is -1.02. The highest BCUT2D eigenvalue weighted by Gasteiger charge is 2.26. The van der Waals surface area contributed by atoms with E-state index in [0.29, 0.717) is 12.3 Å². The Morgan fingerprint density at radius 2 is 1.84 bits per heavy atom. The summed E-state index contributed by atoms with van der Waals surface area (Å²) in [5.74, 6) is 0.506. The molecule has 1 rings (SSSR count). The van der Waals surface area contributed by atoms with Crippen LogP contribution in [0.2, 0.25) is 0 Å². The fraction of sp³-hybridized carbons (Fsp3) is 0.562. The number of benzene rings is 1. The van der Waals surface area contributed by atoms with Gasteiger partial charge in [-0.25, -0.2) is 0 Å². The van der Waals surface area contributed by atoms with E-state index >= 15 is 0 Å². The second-order valence-electron chi connectivity index (χ2n) is 5.26. The molecule has 0 saturated carbocycles. The van der Waals surface area contributed by atoms with Crippen molar-refractivity contribution in [3.63, 3.8) is 0 Å². The summed E-state index contributed by atoms with van der Waals surface area (Å²) in [7, 11) is 0. The van der Waals surface area contributed by atoms with E-state index in [1.807, 2.05) is 6.07 Å². The molecule has 0 unspecified atom stereocenters. The van der Waals surface area contributed by atoms with Crippen molar-refractivity contribution in [3.8, 4) is 0 Å². The second-order valence-corrected chi connectivity index (χ2v) is 5.53. The monoisotopic (exact) mass is 281 g/mol. The summed E-state index contributed by atoms with van der Waals surface area (Å²) in [4.78, 5) is 12.1. The molecule has 2 nitrogen and oxygen atoms in total. The zero-order valence-electron chi connectivity index (χ0n) is 12.3. The summed E-state index contributed by atoms with van der Waals surface area (Å²) < 4.78 is 0. The van der Waals surface area contributed by atoms with Crippen LogP contribution in [-0.2, 0) is 11.2 Å². The van der Waals surface area contributed by atoms with Crippen LogP contribution in [0.5, 0.6) is 0 Å². The van der Waals surface area contributed by atoms with Crippen LogP contribution in [0.15, 0.2) is 18.2 Å². The van der Waals surface area contributed by atoms with E-state index in [4.69, 9.17) is 11.6 Å². The van der Waals surface area contributed by atoms with Crippen LogP contribution in [0.1, 0.15) is 43.4 Å². The maximum absolute atomic E-state index is 12.1. The molecule has 1 aromatic rings. The predicted molar refractivity (Wildman–Crippen MR) is 81.8 cm³/mol. The first kappa shape index (κ1) is 16.0. The number of amides is 1. The number of halogens is 1. The standard InChI is InChI=1S/C16H24ClNO/c1-5-16(6-2,11-17)18-15(19)10-14-8-7-12(3)13(4)9-14/h7-9H,5-6,10-11H2,1-4H3,(H,18,19). The fourth-order valence-corrected chi connectivity index (χ4v) is 2.53. The van der Waals surface area contributed by atoms with E-state index in [0.717, 1.165) is 18.4 Å². The minimum Gasteiger partial charge on any atom is -0.349 e. The number of alkyl halides is 1. The highest BCUT2D eigenvalue weighted by atomic mass is 35.5. The first-order chi connectivity index (χ1) is 8.96. The second kappa shape index (κ2) is 6.95. The van der Waals surface area contributed by atoms with Crippen LogP contribution < -0.4 is 5.32 Å². The van der Waals surface area contributed by atoms with Crippen LogP contribution in [0, 0.1) is 13.8 Å². The van der Waals surface area contributed by atoms with Crippen molar-refractivity contribution in [3.05, 3.63) is 34.9 Å². The Bertz CT molecular complexity index is 430. The average molecular weight is 282 g/mol. The van der Waals surface area contributed by atoms with Crippen LogP contribution in [0.25, 0.3) is 0 Å². The topological polar surface area (TPSA) is 29.1 Å². The molecule has 0 aliphatic heterocycles. The minimum atomic E-state index is -0.265. The highest BCUT2D eigenvalue weighted by Crippen LogP contribution is 2.17. The molecule has 0 radical (unpaired) electrons. The lowest BCUT2D eigenvalue weighted by molar-refractivity contribution is -0.122. The van der Waals surface area contributed by atoms with Gasteiger partial charge in [0.2, 0.25) is 5.91 Å². The quantitative estimate of drug-likeness (QED) is 0.791. The number of aryl methyl sites for hydroxylation is 2. The molecule has 0 bridgehead atoms. The van der Waals surface area contributed by atoms with Crippen molar-refractivity contribution in [2.24, 2.45) is 0 Å². The number of carbonyl (C=O) groups is 1. The van der Waals surface area contributed by atoms with Crippen molar-refractivity contribution in [2.75, 3.05) is 5.88 Å². The Labute approximate surface area is 121 Å². The number of hydrogen-bond donors (Lipinski definition) is 1. The summed E-state index contributed by atoms with van der Waals surface area (Å²) >= 11 is 6.00. The lowest BCUT2D eigenvalue weighted by Gasteiger charge is -2.30. The van der Waals surface area contributed by atoms with Crippen molar-refractivity contribution < 1.29 is 4.79 Å². The van der Waals surface area contributed by atoms with Gasteiger partial charge in [-0.3, -0.25) is 4.79 Å². The van der Waals surface area contributed by atoms with Crippen LogP contribution in [0.3, 0.4) is 0 Å². The summed E-state index contributed by atoms with van der Waals surface area (Å²) in [6.07, 6.45) is 2.12. The van der Waals surface area contributed by atoms with Crippen molar-refractivity contribution in [1.29, 1.82) is 0 Å². The fourth-order valence-electron chi connectivity index (χ4n) is 2.09. The third kappa shape index (κ3) is 4.24. The van der Waals surface area contributed by atoms with E-state index in [1.165, 1.54) is 11.1 Å². The number of rotatable bonds is 6. The molecule has 0 fully saturated rings. The van der Waals surface area contributed by atoms with E-state index in [2.05, 4.69) is 45.1 Å². The van der Waals surface area contributed by atoms with Gasteiger partial charge < -0.3 is 5.32 Å². The van der Waals surface area contributed by atoms with Crippen molar-refractivity contribution >= 4 is 17.5 Å². The molecule has 0 aliphatic rings. The van der Waals surface area contributed by atoms with Gasteiger partial charge in [0.25, 0.3) is 0 Å². The van der Waals surface area contributed by atoms with Crippen molar-refractivity contribution in [2.45, 2.75) is 52.5 Å². The molecule has 1 N–H and O–H groups in total. The molecule has 0 spiro atoms. The molecule has 3 heteroatoms. The normalized spacial score (nSPS) is 11.4. The lowest BCUT2D eigenvalue weighted by atomic mass is 9.94. The zero-order chi connectivity index (χ0) is 14.5. The molecular formula is C16H24ClNO. The minimum absolute atomic E-state index is 0.0487. The molecule has 1 aromatic carbocycles. The lowest BCUT2D eigenvalue weighted by Crippen LogP contribution is -2.49. The van der Waals surface area contributed by atoms with Gasteiger partial charge in [-0.1, -0.05) is 32.0 Å². The van der Waals surface area contributed by atoms with Gasteiger partial charge in [0.15, 0.2) is 0 Å². The Balaban J connectivity index is 2.71. The SMILES string of the molecule is CCC(CC)(CCl)NC(=O)Cc1ccc(C)c(C)c1. The third-order valence-electron chi connectivity index (χ3n) is 3.95. The van der Waals surface area contributed by atoms with Gasteiger partial charge in [0, 0.05) is 5.88 Å². The van der Waals surface area contributed by atoms with E-state index in [-0.39, 0.29) is 11.4 Å². The first-order valence-electron chi connectivity index (χ1n) is 6.89. The van der Waals surface area contributed by atoms with E-state index < -0.39 is 0 Å². The van der Waals surface area contributed by atoms with Crippen LogP contribution in [-0.4, -0.2) is 17.3 Å². The Kier molecular flexibility index (Phi) is 5.86. The van der Waals surface area contributed by atoms with Gasteiger partial charge in [-0.15, -0.1) is 11.6 Å². The smallest absolute Gasteiger partial charge is 0.224 e. The summed E-state index contributed by atoms with van der Waals surface area (Å²) in [5, 5.41) is 3.09. The predicted octanol–water partition coefficient (Wildman–Crippen LogP) is 3.76. The first-order valence-corrected chi connectivity index (χ1v) is 7.43. The number of hydrogen-bond acceptors (Lipinski definition) is 1. The van der Waals surface area contributed by atoms with Crippen LogP contribution in [0.4, 0.5) is 0 Å². The van der Waals surface area contributed by atoms with E-state index in [9.17, 15) is 4.79 Å². The largest absolute Gasteiger partial charge is 0.349 e. The van der Waals surface area contributed by atoms with Gasteiger partial charge >= 0.3 is 0 Å². The van der Waals surface area contributed by atoms with Crippen molar-refractivity contribution in [1.82, 2.24) is 5.32 Å². The molecule has 0 aromatic heterocycles. The molecule has 0 saturated heterocycles.